The Morgan fingerprint density at radius 1 is 1.18 bits per heavy atom. The third-order valence-corrected chi connectivity index (χ3v) is 8.39. The third kappa shape index (κ3) is 4.75. The van der Waals surface area contributed by atoms with Crippen LogP contribution in [-0.4, -0.2) is 70.4 Å². The second-order valence-corrected chi connectivity index (χ2v) is 12.4. The van der Waals surface area contributed by atoms with E-state index >= 15 is 0 Å². The SMILES string of the molecule is C[C@H]1C[C@H](Oc2nc3sc(-c4ncc(-c5nnn(C)n5)c5c4CC=C5)nc3s2)CCN1C(=O)OC(C)(C)C. The minimum absolute atomic E-state index is 0.0123. The van der Waals surface area contributed by atoms with Crippen molar-refractivity contribution in [2.24, 2.45) is 7.05 Å². The van der Waals surface area contributed by atoms with Crippen molar-refractivity contribution in [1.82, 2.24) is 40.1 Å². The maximum absolute atomic E-state index is 12.5. The molecule has 2 aliphatic rings. The van der Waals surface area contributed by atoms with E-state index in [1.54, 1.807) is 18.1 Å². The Labute approximate surface area is 227 Å². The number of thiazole rings is 2. The first kappa shape index (κ1) is 24.9. The summed E-state index contributed by atoms with van der Waals surface area (Å²) < 4.78 is 11.8. The lowest BCUT2D eigenvalue weighted by Crippen LogP contribution is -2.49. The number of hydrogen-bond donors (Lipinski definition) is 0. The summed E-state index contributed by atoms with van der Waals surface area (Å²) in [6.45, 7) is 8.26. The van der Waals surface area contributed by atoms with Gasteiger partial charge >= 0.3 is 6.09 Å². The molecular weight excluding hydrogens is 524 g/mol. The summed E-state index contributed by atoms with van der Waals surface area (Å²) in [4.78, 5) is 31.7. The third-order valence-electron chi connectivity index (χ3n) is 6.46. The van der Waals surface area contributed by atoms with Crippen LogP contribution in [0.1, 0.15) is 51.7 Å². The maximum Gasteiger partial charge on any atom is 0.410 e. The van der Waals surface area contributed by atoms with Crippen molar-refractivity contribution in [1.29, 1.82) is 0 Å². The van der Waals surface area contributed by atoms with Gasteiger partial charge in [-0.05, 0) is 50.5 Å². The number of allylic oxidation sites excluding steroid dienone is 1. The molecule has 6 rings (SSSR count). The molecule has 1 saturated heterocycles. The Hall–Kier alpha value is -3.45. The summed E-state index contributed by atoms with van der Waals surface area (Å²) in [5.74, 6) is 0.559. The van der Waals surface area contributed by atoms with Crippen LogP contribution in [0.3, 0.4) is 0 Å². The minimum atomic E-state index is -0.509. The molecule has 13 heteroatoms. The van der Waals surface area contributed by atoms with Crippen molar-refractivity contribution in [3.8, 4) is 27.3 Å². The van der Waals surface area contributed by atoms with Crippen molar-refractivity contribution in [2.45, 2.75) is 64.7 Å². The highest BCUT2D eigenvalue weighted by Crippen LogP contribution is 2.40. The van der Waals surface area contributed by atoms with Gasteiger partial charge in [-0.15, -0.1) is 10.2 Å². The fourth-order valence-electron chi connectivity index (χ4n) is 4.76. The first-order valence-corrected chi connectivity index (χ1v) is 14.1. The molecule has 4 aromatic rings. The number of rotatable bonds is 4. The highest BCUT2D eigenvalue weighted by atomic mass is 32.1. The highest BCUT2D eigenvalue weighted by molar-refractivity contribution is 7.28. The lowest BCUT2D eigenvalue weighted by atomic mass is 10.0. The average Bonchev–Trinajstić information content (AvgIpc) is 3.61. The number of nitrogens with zero attached hydrogens (tertiary/aromatic N) is 8. The number of ether oxygens (including phenoxy) is 2. The Morgan fingerprint density at radius 3 is 2.71 bits per heavy atom. The predicted molar refractivity (Wildman–Crippen MR) is 145 cm³/mol. The fraction of sp³-hybridized carbons (Fsp3) is 0.480. The molecule has 1 aliphatic heterocycles. The van der Waals surface area contributed by atoms with Gasteiger partial charge in [0.25, 0.3) is 5.19 Å². The molecule has 4 aromatic heterocycles. The molecule has 0 saturated carbocycles. The van der Waals surface area contributed by atoms with Gasteiger partial charge in [-0.2, -0.15) is 9.78 Å². The van der Waals surface area contributed by atoms with Gasteiger partial charge in [-0.3, -0.25) is 4.98 Å². The summed E-state index contributed by atoms with van der Waals surface area (Å²) in [6, 6.07) is 0.0243. The first-order chi connectivity index (χ1) is 18.1. The van der Waals surface area contributed by atoms with Gasteiger partial charge in [-0.1, -0.05) is 34.8 Å². The van der Waals surface area contributed by atoms with E-state index in [9.17, 15) is 4.79 Å². The monoisotopic (exact) mass is 552 g/mol. The number of aromatic nitrogens is 7. The predicted octanol–water partition coefficient (Wildman–Crippen LogP) is 4.74. The zero-order chi connectivity index (χ0) is 26.6. The zero-order valence-corrected chi connectivity index (χ0v) is 23.5. The molecule has 2 atom stereocenters. The van der Waals surface area contributed by atoms with Gasteiger partial charge in [0.2, 0.25) is 5.82 Å². The van der Waals surface area contributed by atoms with Crippen molar-refractivity contribution in [2.75, 3.05) is 6.54 Å². The van der Waals surface area contributed by atoms with E-state index in [0.29, 0.717) is 17.6 Å². The number of tetrazole rings is 1. The Kier molecular flexibility index (Phi) is 6.14. The van der Waals surface area contributed by atoms with Gasteiger partial charge in [0.15, 0.2) is 9.66 Å². The van der Waals surface area contributed by atoms with Gasteiger partial charge in [0, 0.05) is 37.2 Å². The Balaban J connectivity index is 1.16. The molecule has 0 bridgehead atoms. The smallest absolute Gasteiger partial charge is 0.410 e. The summed E-state index contributed by atoms with van der Waals surface area (Å²) in [5.41, 5.74) is 3.39. The molecule has 0 unspecified atom stereocenters. The number of hydrogen-bond acceptors (Lipinski definition) is 11. The van der Waals surface area contributed by atoms with E-state index in [2.05, 4.69) is 27.6 Å². The van der Waals surface area contributed by atoms with Crippen LogP contribution in [-0.2, 0) is 18.2 Å². The highest BCUT2D eigenvalue weighted by Gasteiger charge is 2.33. The lowest BCUT2D eigenvalue weighted by Gasteiger charge is -2.37. The van der Waals surface area contributed by atoms with E-state index in [0.717, 1.165) is 56.3 Å². The quantitative estimate of drug-likeness (QED) is 0.353. The van der Waals surface area contributed by atoms with Crippen LogP contribution in [0.15, 0.2) is 12.3 Å². The van der Waals surface area contributed by atoms with Gasteiger partial charge in [0.05, 0.1) is 7.05 Å². The van der Waals surface area contributed by atoms with E-state index in [1.807, 2.05) is 27.7 Å². The maximum atomic E-state index is 12.5. The van der Waals surface area contributed by atoms with Crippen LogP contribution < -0.4 is 4.74 Å². The molecular formula is C25H28N8O3S2. The second-order valence-electron chi connectivity index (χ2n) is 10.5. The number of carbonyl (C=O) groups excluding carboxylic acids is 1. The molecule has 1 aliphatic carbocycles. The van der Waals surface area contributed by atoms with Crippen LogP contribution in [0.2, 0.25) is 0 Å². The van der Waals surface area contributed by atoms with Crippen LogP contribution >= 0.6 is 22.7 Å². The van der Waals surface area contributed by atoms with Crippen molar-refractivity contribution in [3.63, 3.8) is 0 Å². The Morgan fingerprint density at radius 2 is 2.00 bits per heavy atom. The van der Waals surface area contributed by atoms with Crippen LogP contribution in [0.25, 0.3) is 37.8 Å². The van der Waals surface area contributed by atoms with E-state index < -0.39 is 5.60 Å². The summed E-state index contributed by atoms with van der Waals surface area (Å²) in [5, 5.41) is 13.9. The molecule has 1 fully saturated rings. The number of amides is 1. The van der Waals surface area contributed by atoms with Gasteiger partial charge < -0.3 is 14.4 Å². The normalized spacial score (nSPS) is 19.2. The van der Waals surface area contributed by atoms with E-state index in [4.69, 9.17) is 24.4 Å². The van der Waals surface area contributed by atoms with Crippen LogP contribution in [0.5, 0.6) is 5.19 Å². The zero-order valence-electron chi connectivity index (χ0n) is 21.8. The summed E-state index contributed by atoms with van der Waals surface area (Å²) in [6.07, 6.45) is 7.94. The van der Waals surface area contributed by atoms with Crippen LogP contribution in [0, 0.1) is 0 Å². The number of piperidine rings is 1. The minimum Gasteiger partial charge on any atom is -0.466 e. The number of fused-ring (bicyclic) bond motifs is 2. The summed E-state index contributed by atoms with van der Waals surface area (Å²) in [7, 11) is 1.75. The molecule has 0 spiro atoms. The molecule has 0 aromatic carbocycles. The van der Waals surface area contributed by atoms with Crippen molar-refractivity contribution >= 4 is 44.5 Å². The van der Waals surface area contributed by atoms with E-state index in [-0.39, 0.29) is 18.2 Å². The lowest BCUT2D eigenvalue weighted by molar-refractivity contribution is -0.00102. The Bertz CT molecular complexity index is 1520. The molecule has 0 radical (unpaired) electrons. The number of aryl methyl sites for hydroxylation is 1. The number of likely N-dealkylation sites (tertiary alicyclic amines) is 1. The molecule has 11 nitrogen and oxygen atoms in total. The van der Waals surface area contributed by atoms with Gasteiger partial charge in [-0.25, -0.2) is 9.78 Å². The second kappa shape index (κ2) is 9.38. The molecule has 38 heavy (non-hydrogen) atoms. The molecule has 1 amide bonds. The van der Waals surface area contributed by atoms with Crippen LogP contribution in [0.4, 0.5) is 4.79 Å². The van der Waals surface area contributed by atoms with E-state index in [1.165, 1.54) is 27.5 Å². The number of pyridine rings is 1. The average molecular weight is 553 g/mol. The summed E-state index contributed by atoms with van der Waals surface area (Å²) >= 11 is 2.96. The van der Waals surface area contributed by atoms with Gasteiger partial charge in [0.1, 0.15) is 22.4 Å². The standard InChI is InChI=1S/C25H28N8O3S2/c1-13-11-14(9-10-33(13)24(34)36-25(2,3)4)35-23-28-22-21(38-23)27-20(37-22)18-16-8-6-7-15(16)17(12-26-18)19-29-31-32(5)30-19/h6-7,12-14H,8-11H2,1-5H3/t13-,14+/m0/s1. The van der Waals surface area contributed by atoms with Crippen molar-refractivity contribution in [3.05, 3.63) is 23.4 Å². The molecule has 198 valence electrons. The largest absolute Gasteiger partial charge is 0.466 e. The molecule has 5 heterocycles. The first-order valence-electron chi connectivity index (χ1n) is 12.5. The molecule has 0 N–H and O–H groups in total. The number of carbonyl (C=O) groups is 1. The fourth-order valence-corrected chi connectivity index (χ4v) is 6.73. The topological polar surface area (TPSA) is 121 Å². The van der Waals surface area contributed by atoms with Crippen molar-refractivity contribution < 1.29 is 14.3 Å².